The molecule has 0 saturated carbocycles. The number of hydrogen-bond acceptors (Lipinski definition) is 4. The number of benzene rings is 8. The summed E-state index contributed by atoms with van der Waals surface area (Å²) in [6.45, 7) is 0. The lowest BCUT2D eigenvalue weighted by atomic mass is 9.99. The molecule has 56 heavy (non-hydrogen) atoms. The summed E-state index contributed by atoms with van der Waals surface area (Å²) in [4.78, 5) is 10.2. The van der Waals surface area contributed by atoms with E-state index in [9.17, 15) is 0 Å². The van der Waals surface area contributed by atoms with Gasteiger partial charge in [-0.15, -0.1) is 0 Å². The van der Waals surface area contributed by atoms with E-state index in [4.69, 9.17) is 14.4 Å². The van der Waals surface area contributed by atoms with E-state index >= 15 is 0 Å². The van der Waals surface area contributed by atoms with E-state index in [1.165, 1.54) is 32.9 Å². The Morgan fingerprint density at radius 1 is 0.464 bits per heavy atom. The van der Waals surface area contributed by atoms with E-state index in [0.29, 0.717) is 5.84 Å². The molecule has 0 saturated heterocycles. The highest BCUT2D eigenvalue weighted by Gasteiger charge is 2.24. The molecular formula is C51H34N4O. The smallest absolute Gasteiger partial charge is 0.159 e. The number of para-hydroxylation sites is 1. The molecule has 0 aliphatic carbocycles. The summed E-state index contributed by atoms with van der Waals surface area (Å²) in [5.74, 6) is 1.45. The average Bonchev–Trinajstić information content (AvgIpc) is 3.82. The third-order valence-electron chi connectivity index (χ3n) is 10.9. The van der Waals surface area contributed by atoms with E-state index in [-0.39, 0.29) is 6.17 Å². The molecule has 10 aromatic rings. The summed E-state index contributed by atoms with van der Waals surface area (Å²) in [5.41, 5.74) is 12.8. The Bertz CT molecular complexity index is 3160. The zero-order valence-corrected chi connectivity index (χ0v) is 30.3. The molecule has 1 aliphatic heterocycles. The van der Waals surface area contributed by atoms with Crippen molar-refractivity contribution in [3.8, 4) is 27.9 Å². The van der Waals surface area contributed by atoms with Crippen molar-refractivity contribution in [2.75, 3.05) is 0 Å². The summed E-state index contributed by atoms with van der Waals surface area (Å²) in [5, 5.41) is 8.15. The predicted molar refractivity (Wildman–Crippen MR) is 231 cm³/mol. The molecule has 5 nitrogen and oxygen atoms in total. The van der Waals surface area contributed by atoms with E-state index < -0.39 is 0 Å². The summed E-state index contributed by atoms with van der Waals surface area (Å²) in [6.07, 6.45) is -0.294. The fourth-order valence-electron chi connectivity index (χ4n) is 8.20. The van der Waals surface area contributed by atoms with E-state index in [0.717, 1.165) is 61.3 Å². The van der Waals surface area contributed by atoms with Crippen molar-refractivity contribution in [1.82, 2.24) is 9.88 Å². The molecule has 0 amide bonds. The monoisotopic (exact) mass is 718 g/mol. The summed E-state index contributed by atoms with van der Waals surface area (Å²) in [6, 6.07) is 68.1. The van der Waals surface area contributed by atoms with Crippen LogP contribution in [0.5, 0.6) is 0 Å². The number of aromatic nitrogens is 1. The van der Waals surface area contributed by atoms with Gasteiger partial charge in [0.1, 0.15) is 23.2 Å². The van der Waals surface area contributed by atoms with Crippen LogP contribution in [0.2, 0.25) is 0 Å². The van der Waals surface area contributed by atoms with Gasteiger partial charge in [0, 0.05) is 38.4 Å². The second kappa shape index (κ2) is 13.1. The largest absolute Gasteiger partial charge is 0.456 e. The van der Waals surface area contributed by atoms with Crippen molar-refractivity contribution in [3.63, 3.8) is 0 Å². The van der Waals surface area contributed by atoms with Gasteiger partial charge >= 0.3 is 0 Å². The van der Waals surface area contributed by atoms with Crippen molar-refractivity contribution < 1.29 is 4.42 Å². The number of nitrogens with zero attached hydrogens (tertiary/aromatic N) is 3. The van der Waals surface area contributed by atoms with Gasteiger partial charge in [-0.1, -0.05) is 146 Å². The molecule has 5 heteroatoms. The average molecular weight is 719 g/mol. The number of amidine groups is 2. The zero-order valence-electron chi connectivity index (χ0n) is 30.3. The van der Waals surface area contributed by atoms with Crippen LogP contribution in [0.15, 0.2) is 209 Å². The molecule has 3 heterocycles. The number of furan rings is 1. The number of rotatable bonds is 6. The lowest BCUT2D eigenvalue weighted by Gasteiger charge is -2.24. The molecule has 2 aromatic heterocycles. The first kappa shape index (κ1) is 32.0. The van der Waals surface area contributed by atoms with E-state index in [2.05, 4.69) is 155 Å². The van der Waals surface area contributed by atoms with Gasteiger partial charge in [0.15, 0.2) is 5.84 Å². The van der Waals surface area contributed by atoms with Crippen LogP contribution in [0.4, 0.5) is 0 Å². The molecule has 1 unspecified atom stereocenters. The van der Waals surface area contributed by atoms with E-state index in [1.807, 2.05) is 48.5 Å². The normalized spacial score (nSPS) is 14.2. The number of fused-ring (bicyclic) bond motifs is 6. The highest BCUT2D eigenvalue weighted by Crippen LogP contribution is 2.39. The van der Waals surface area contributed by atoms with Gasteiger partial charge in [-0.25, -0.2) is 9.98 Å². The first-order chi connectivity index (χ1) is 27.7. The lowest BCUT2D eigenvalue weighted by Crippen LogP contribution is -2.33. The van der Waals surface area contributed by atoms with Crippen LogP contribution >= 0.6 is 0 Å². The Kier molecular flexibility index (Phi) is 7.49. The molecule has 1 N–H and O–H groups in total. The first-order valence-corrected chi connectivity index (χ1v) is 18.9. The molecule has 0 radical (unpaired) electrons. The van der Waals surface area contributed by atoms with Crippen LogP contribution in [0.3, 0.4) is 0 Å². The molecule has 0 spiro atoms. The highest BCUT2D eigenvalue weighted by molar-refractivity contribution is 6.22. The minimum Gasteiger partial charge on any atom is -0.456 e. The van der Waals surface area contributed by atoms with E-state index in [1.54, 1.807) is 0 Å². The Morgan fingerprint density at radius 3 is 1.93 bits per heavy atom. The maximum atomic E-state index is 6.50. The molecule has 0 bridgehead atoms. The Morgan fingerprint density at radius 2 is 1.11 bits per heavy atom. The summed E-state index contributed by atoms with van der Waals surface area (Å²) < 4.78 is 8.89. The molecule has 0 fully saturated rings. The summed E-state index contributed by atoms with van der Waals surface area (Å²) in [7, 11) is 0. The lowest BCUT2D eigenvalue weighted by molar-refractivity contribution is 0.668. The van der Waals surface area contributed by atoms with Crippen LogP contribution in [-0.2, 0) is 0 Å². The predicted octanol–water partition coefficient (Wildman–Crippen LogP) is 12.5. The topological polar surface area (TPSA) is 54.8 Å². The van der Waals surface area contributed by atoms with Crippen LogP contribution in [0.25, 0.3) is 71.7 Å². The minimum absolute atomic E-state index is 0.294. The number of hydrogen-bond donors (Lipinski definition) is 1. The SMILES string of the molecule is c1ccc(C2=NC(c3ccccc3)NC(c3cccc4oc5ccc(-c6ccc7c(c6)c6ccccc6n7-c6cccc(-c7ccccc7)c6)cc5c34)=N2)cc1. The first-order valence-electron chi connectivity index (χ1n) is 18.9. The van der Waals surface area contributed by atoms with Gasteiger partial charge < -0.3 is 14.3 Å². The van der Waals surface area contributed by atoms with Crippen molar-refractivity contribution in [2.24, 2.45) is 9.98 Å². The quantitative estimate of drug-likeness (QED) is 0.186. The number of aliphatic imine (C=N–C) groups is 2. The Balaban J connectivity index is 1.04. The maximum absolute atomic E-state index is 6.50. The van der Waals surface area contributed by atoms with Gasteiger partial charge in [0.25, 0.3) is 0 Å². The Hall–Kier alpha value is -7.50. The van der Waals surface area contributed by atoms with Crippen molar-refractivity contribution in [1.29, 1.82) is 0 Å². The zero-order chi connectivity index (χ0) is 37.0. The van der Waals surface area contributed by atoms with Crippen molar-refractivity contribution >= 4 is 55.4 Å². The molecule has 1 aliphatic rings. The molecule has 11 rings (SSSR count). The molecule has 1 atom stereocenters. The third-order valence-corrected chi connectivity index (χ3v) is 10.9. The van der Waals surface area contributed by atoms with Crippen LogP contribution in [0, 0.1) is 0 Å². The fraction of sp³-hybridized carbons (Fsp3) is 0.0196. The summed E-state index contributed by atoms with van der Waals surface area (Å²) >= 11 is 0. The second-order valence-electron chi connectivity index (χ2n) is 14.2. The standard InChI is InChI=1S/C51H34N4O/c1-4-14-33(15-5-1)36-20-12-21-39(30-36)55-44-24-11-10-22-40(44)42-31-37(26-28-45(42)55)38-27-29-46-43(32-38)48-41(23-13-25-47(48)56-46)51-53-49(34-16-6-2-7-17-34)52-50(54-51)35-18-8-3-9-19-35/h1-32,49H,(H,52,53,54). The van der Waals surface area contributed by atoms with Crippen LogP contribution < -0.4 is 5.32 Å². The van der Waals surface area contributed by atoms with Gasteiger partial charge in [0.2, 0.25) is 0 Å². The third kappa shape index (κ3) is 5.40. The minimum atomic E-state index is -0.294. The van der Waals surface area contributed by atoms with Crippen LogP contribution in [0.1, 0.15) is 22.9 Å². The maximum Gasteiger partial charge on any atom is 0.159 e. The molecule has 264 valence electrons. The Labute approximate surface area is 323 Å². The van der Waals surface area contributed by atoms with Crippen molar-refractivity contribution in [2.45, 2.75) is 6.17 Å². The number of nitrogens with one attached hydrogen (secondary N) is 1. The highest BCUT2D eigenvalue weighted by atomic mass is 16.3. The molecular weight excluding hydrogens is 685 g/mol. The van der Waals surface area contributed by atoms with Gasteiger partial charge in [0.05, 0.1) is 11.0 Å². The van der Waals surface area contributed by atoms with Gasteiger partial charge in [-0.05, 0) is 76.3 Å². The van der Waals surface area contributed by atoms with Crippen molar-refractivity contribution in [3.05, 3.63) is 211 Å². The second-order valence-corrected chi connectivity index (χ2v) is 14.2. The van der Waals surface area contributed by atoms with Crippen LogP contribution in [-0.4, -0.2) is 16.2 Å². The molecule has 8 aromatic carbocycles. The van der Waals surface area contributed by atoms with Gasteiger partial charge in [-0.2, -0.15) is 0 Å². The van der Waals surface area contributed by atoms with Gasteiger partial charge in [-0.3, -0.25) is 0 Å². The fourth-order valence-corrected chi connectivity index (χ4v) is 8.20.